The predicted octanol–water partition coefficient (Wildman–Crippen LogP) is 7.72. The molecule has 1 atom stereocenters. The molecule has 1 aliphatic heterocycles. The van der Waals surface area contributed by atoms with Gasteiger partial charge in [-0.25, -0.2) is 9.67 Å². The topological polar surface area (TPSA) is 79.9 Å². The van der Waals surface area contributed by atoms with E-state index in [1.54, 1.807) is 18.0 Å². The molecule has 3 aromatic carbocycles. The standard InChI is InChI=1S/C32H32F3N7OS2/c1-20(2)27-14-5-21(3)15-28(27)41-17-22(4)18-45-31(41)38-30(44)39-37-16-23-6-8-24(9-7-23)29-36-19-42(40-29)25-10-12-26(13-11-25)43-32(33,34)35/h5-16,19-20,22H,17-18H2,1-4H3,(H,39,44)/b37-16+,38-31?. The zero-order valence-corrected chi connectivity index (χ0v) is 26.7. The van der Waals surface area contributed by atoms with E-state index in [0.717, 1.165) is 28.6 Å². The van der Waals surface area contributed by atoms with Gasteiger partial charge in [-0.1, -0.05) is 68.9 Å². The van der Waals surface area contributed by atoms with Gasteiger partial charge >= 0.3 is 6.36 Å². The van der Waals surface area contributed by atoms with Crippen molar-refractivity contribution < 1.29 is 17.9 Å². The largest absolute Gasteiger partial charge is 0.573 e. The molecular weight excluding hydrogens is 620 g/mol. The fourth-order valence-electron chi connectivity index (χ4n) is 4.72. The third kappa shape index (κ3) is 8.49. The van der Waals surface area contributed by atoms with Crippen molar-refractivity contribution in [3.8, 4) is 22.8 Å². The second-order valence-corrected chi connectivity index (χ2v) is 12.4. The van der Waals surface area contributed by atoms with Crippen LogP contribution in [0.3, 0.4) is 0 Å². The lowest BCUT2D eigenvalue weighted by molar-refractivity contribution is -0.274. The maximum atomic E-state index is 12.4. The maximum Gasteiger partial charge on any atom is 0.573 e. The van der Waals surface area contributed by atoms with E-state index < -0.39 is 6.36 Å². The minimum Gasteiger partial charge on any atom is -0.406 e. The van der Waals surface area contributed by atoms with Crippen LogP contribution in [0.15, 0.2) is 83.2 Å². The molecule has 0 amide bonds. The van der Waals surface area contributed by atoms with Crippen LogP contribution in [-0.4, -0.2) is 49.9 Å². The highest BCUT2D eigenvalue weighted by molar-refractivity contribution is 8.14. The van der Waals surface area contributed by atoms with Crippen molar-refractivity contribution in [2.75, 3.05) is 17.2 Å². The lowest BCUT2D eigenvalue weighted by Gasteiger charge is -2.35. The first kappa shape index (κ1) is 32.2. The molecule has 2 heterocycles. The van der Waals surface area contributed by atoms with Crippen LogP contribution < -0.4 is 15.1 Å². The quantitative estimate of drug-likeness (QED) is 0.125. The first-order chi connectivity index (χ1) is 21.4. The van der Waals surface area contributed by atoms with Gasteiger partial charge in [0.2, 0.25) is 5.11 Å². The van der Waals surface area contributed by atoms with Gasteiger partial charge < -0.3 is 9.64 Å². The van der Waals surface area contributed by atoms with Gasteiger partial charge in [-0.3, -0.25) is 5.43 Å². The lowest BCUT2D eigenvalue weighted by Crippen LogP contribution is -2.40. The van der Waals surface area contributed by atoms with Crippen molar-refractivity contribution in [2.24, 2.45) is 16.0 Å². The zero-order valence-electron chi connectivity index (χ0n) is 25.1. The zero-order chi connectivity index (χ0) is 32.1. The number of anilines is 1. The molecular formula is C32H32F3N7OS2. The number of aromatic nitrogens is 3. The average molecular weight is 652 g/mol. The number of alkyl halides is 3. The number of hydrazone groups is 1. The number of aliphatic imine (C=N–C) groups is 1. The van der Waals surface area contributed by atoms with Crippen LogP contribution in [0.5, 0.6) is 5.75 Å². The summed E-state index contributed by atoms with van der Waals surface area (Å²) in [7, 11) is 0. The summed E-state index contributed by atoms with van der Waals surface area (Å²) in [5, 5.41) is 9.86. The molecule has 1 fully saturated rings. The maximum absolute atomic E-state index is 12.4. The van der Waals surface area contributed by atoms with Gasteiger partial charge in [-0.2, -0.15) is 10.1 Å². The normalized spacial score (nSPS) is 16.5. The van der Waals surface area contributed by atoms with Crippen molar-refractivity contribution in [2.45, 2.75) is 40.0 Å². The smallest absolute Gasteiger partial charge is 0.406 e. The Bertz CT molecular complexity index is 1700. The summed E-state index contributed by atoms with van der Waals surface area (Å²) in [6.45, 7) is 9.61. The molecule has 5 rings (SSSR count). The Morgan fingerprint density at radius 1 is 1.11 bits per heavy atom. The van der Waals surface area contributed by atoms with Gasteiger partial charge in [0.05, 0.1) is 11.9 Å². The van der Waals surface area contributed by atoms with Gasteiger partial charge in [0.1, 0.15) is 12.1 Å². The van der Waals surface area contributed by atoms with Crippen LogP contribution in [0.2, 0.25) is 0 Å². The number of rotatable bonds is 7. The van der Waals surface area contributed by atoms with Crippen LogP contribution in [0, 0.1) is 12.8 Å². The molecule has 1 N–H and O–H groups in total. The minimum atomic E-state index is -4.75. The van der Waals surface area contributed by atoms with Crippen molar-refractivity contribution in [1.29, 1.82) is 0 Å². The van der Waals surface area contributed by atoms with Gasteiger partial charge in [0, 0.05) is 23.5 Å². The fourth-order valence-corrected chi connectivity index (χ4v) is 5.94. The van der Waals surface area contributed by atoms with E-state index in [1.165, 1.54) is 52.1 Å². The predicted molar refractivity (Wildman–Crippen MR) is 178 cm³/mol. The van der Waals surface area contributed by atoms with Crippen molar-refractivity contribution in [1.82, 2.24) is 20.2 Å². The Balaban J connectivity index is 1.22. The minimum absolute atomic E-state index is 0.274. The summed E-state index contributed by atoms with van der Waals surface area (Å²) in [6, 6.07) is 19.4. The summed E-state index contributed by atoms with van der Waals surface area (Å²) in [6.07, 6.45) is -1.60. The first-order valence-corrected chi connectivity index (χ1v) is 15.7. The molecule has 0 saturated carbocycles. The molecule has 1 aromatic heterocycles. The average Bonchev–Trinajstić information content (AvgIpc) is 3.48. The first-order valence-electron chi connectivity index (χ1n) is 14.3. The number of nitrogens with one attached hydrogen (secondary N) is 1. The molecule has 8 nitrogen and oxygen atoms in total. The number of hydrogen-bond acceptors (Lipinski definition) is 6. The molecule has 0 bridgehead atoms. The van der Waals surface area contributed by atoms with E-state index in [-0.39, 0.29) is 10.9 Å². The van der Waals surface area contributed by atoms with Gasteiger partial charge in [0.15, 0.2) is 11.0 Å². The molecule has 1 saturated heterocycles. The number of ether oxygens (including phenoxy) is 1. The highest BCUT2D eigenvalue weighted by atomic mass is 32.2. The van der Waals surface area contributed by atoms with Crippen LogP contribution in [-0.2, 0) is 0 Å². The summed E-state index contributed by atoms with van der Waals surface area (Å²) in [4.78, 5) is 11.3. The van der Waals surface area contributed by atoms with E-state index in [0.29, 0.717) is 23.3 Å². The molecule has 1 unspecified atom stereocenters. The van der Waals surface area contributed by atoms with E-state index in [9.17, 15) is 13.2 Å². The van der Waals surface area contributed by atoms with E-state index >= 15 is 0 Å². The highest BCUT2D eigenvalue weighted by Crippen LogP contribution is 2.34. The van der Waals surface area contributed by atoms with Crippen molar-refractivity contribution in [3.63, 3.8) is 0 Å². The Labute approximate surface area is 269 Å². The Hall–Kier alpha value is -4.23. The monoisotopic (exact) mass is 651 g/mol. The van der Waals surface area contributed by atoms with E-state index in [1.807, 2.05) is 24.3 Å². The second-order valence-electron chi connectivity index (χ2n) is 11.0. The SMILES string of the molecule is Cc1ccc(C(C)C)c(N2CC(C)CSC2=NC(=S)N/N=C/c2ccc(-c3ncn(-c4ccc(OC(F)(F)F)cc4)n3)cc2)c1. The Morgan fingerprint density at radius 3 is 2.53 bits per heavy atom. The number of amidine groups is 1. The van der Waals surface area contributed by atoms with Crippen LogP contribution in [0.1, 0.15) is 43.4 Å². The summed E-state index contributed by atoms with van der Waals surface area (Å²) in [5.41, 5.74) is 8.64. The number of thiocarbonyl (C=S) groups is 1. The molecule has 4 aromatic rings. The Morgan fingerprint density at radius 2 is 1.84 bits per heavy atom. The number of halogens is 3. The van der Waals surface area contributed by atoms with Crippen molar-refractivity contribution in [3.05, 3.63) is 89.7 Å². The summed E-state index contributed by atoms with van der Waals surface area (Å²) in [5.74, 6) is 2.00. The number of hydrogen-bond donors (Lipinski definition) is 1. The molecule has 0 aliphatic carbocycles. The molecule has 0 spiro atoms. The highest BCUT2D eigenvalue weighted by Gasteiger charge is 2.31. The third-order valence-corrected chi connectivity index (χ3v) is 8.38. The summed E-state index contributed by atoms with van der Waals surface area (Å²) >= 11 is 7.22. The Kier molecular flexibility index (Phi) is 9.88. The molecule has 45 heavy (non-hydrogen) atoms. The van der Waals surface area contributed by atoms with Crippen molar-refractivity contribution >= 4 is 46.2 Å². The van der Waals surface area contributed by atoms with E-state index in [2.05, 4.69) is 76.1 Å². The van der Waals surface area contributed by atoms with E-state index in [4.69, 9.17) is 17.2 Å². The fraction of sp³-hybridized carbons (Fsp3) is 0.281. The lowest BCUT2D eigenvalue weighted by atomic mass is 9.98. The second kappa shape index (κ2) is 13.8. The van der Waals surface area contributed by atoms with Gasteiger partial charge in [-0.05, 0) is 78.0 Å². The summed E-state index contributed by atoms with van der Waals surface area (Å²) < 4.78 is 42.6. The molecule has 1 aliphatic rings. The van der Waals surface area contributed by atoms with Crippen LogP contribution in [0.25, 0.3) is 17.1 Å². The number of nitrogens with zero attached hydrogens (tertiary/aromatic N) is 6. The number of benzene rings is 3. The van der Waals surface area contributed by atoms with Gasteiger partial charge in [-0.15, -0.1) is 18.3 Å². The molecule has 0 radical (unpaired) electrons. The number of thioether (sulfide) groups is 1. The molecule has 234 valence electrons. The molecule has 13 heteroatoms. The third-order valence-electron chi connectivity index (χ3n) is 6.89. The van der Waals surface area contributed by atoms with Crippen LogP contribution in [0.4, 0.5) is 18.9 Å². The number of aryl methyl sites for hydroxylation is 1. The van der Waals surface area contributed by atoms with Gasteiger partial charge in [0.25, 0.3) is 0 Å². The van der Waals surface area contributed by atoms with Crippen LogP contribution >= 0.6 is 24.0 Å².